The number of hydrogen-bond donors (Lipinski definition) is 0. The van der Waals surface area contributed by atoms with Crippen LogP contribution in [0.4, 0.5) is 4.39 Å². The number of para-hydroxylation sites is 1. The van der Waals surface area contributed by atoms with Crippen LogP contribution in [0.15, 0.2) is 46.9 Å². The van der Waals surface area contributed by atoms with Gasteiger partial charge in [-0.05, 0) is 57.0 Å². The van der Waals surface area contributed by atoms with Crippen LogP contribution in [0, 0.1) is 5.82 Å². The zero-order valence-corrected chi connectivity index (χ0v) is 18.7. The molecule has 33 heavy (non-hydrogen) atoms. The van der Waals surface area contributed by atoms with Gasteiger partial charge in [-0.25, -0.2) is 4.39 Å². The highest BCUT2D eigenvalue weighted by atomic mass is 19.1. The van der Waals surface area contributed by atoms with Crippen LogP contribution in [-0.2, 0) is 11.2 Å². The molecule has 5 rings (SSSR count). The summed E-state index contributed by atoms with van der Waals surface area (Å²) >= 11 is 0. The van der Waals surface area contributed by atoms with Crippen molar-refractivity contribution in [2.45, 2.75) is 44.6 Å². The van der Waals surface area contributed by atoms with E-state index in [9.17, 15) is 9.18 Å². The molecule has 3 aromatic rings. The van der Waals surface area contributed by atoms with Crippen molar-refractivity contribution in [1.29, 1.82) is 0 Å². The van der Waals surface area contributed by atoms with Crippen molar-refractivity contribution in [3.63, 3.8) is 0 Å². The first-order valence-electron chi connectivity index (χ1n) is 11.2. The van der Waals surface area contributed by atoms with Crippen molar-refractivity contribution in [2.24, 2.45) is 0 Å². The van der Waals surface area contributed by atoms with Crippen molar-refractivity contribution in [1.82, 2.24) is 15.1 Å². The first-order valence-corrected chi connectivity index (χ1v) is 11.2. The van der Waals surface area contributed by atoms with Crippen molar-refractivity contribution in [3.8, 4) is 23.0 Å². The quantitative estimate of drug-likeness (QED) is 0.573. The van der Waals surface area contributed by atoms with Gasteiger partial charge in [-0.1, -0.05) is 12.1 Å². The first-order chi connectivity index (χ1) is 15.9. The molecular formula is C25H26FN3O4. The van der Waals surface area contributed by atoms with Crippen molar-refractivity contribution >= 4 is 5.91 Å². The summed E-state index contributed by atoms with van der Waals surface area (Å²) in [6, 6.07) is 11.8. The van der Waals surface area contributed by atoms with Crippen molar-refractivity contribution in [3.05, 3.63) is 59.7 Å². The second-order valence-corrected chi connectivity index (χ2v) is 9.18. The molecule has 2 aliphatic heterocycles. The number of carbonyl (C=O) groups excluding carboxylic acids is 1. The number of ether oxygens (including phenoxy) is 2. The molecule has 1 saturated heterocycles. The van der Waals surface area contributed by atoms with E-state index in [-0.39, 0.29) is 29.9 Å². The molecule has 1 amide bonds. The van der Waals surface area contributed by atoms with Gasteiger partial charge in [0.05, 0.1) is 0 Å². The number of halogens is 1. The minimum absolute atomic E-state index is 0.0276. The number of benzene rings is 2. The minimum Gasteiger partial charge on any atom is -0.483 e. The van der Waals surface area contributed by atoms with Crippen LogP contribution >= 0.6 is 0 Å². The average molecular weight is 451 g/mol. The Morgan fingerprint density at radius 1 is 1.15 bits per heavy atom. The van der Waals surface area contributed by atoms with Crippen molar-refractivity contribution in [2.75, 3.05) is 19.7 Å². The number of aromatic nitrogens is 2. The molecule has 0 aliphatic carbocycles. The molecule has 0 saturated carbocycles. The van der Waals surface area contributed by atoms with Crippen LogP contribution < -0.4 is 9.47 Å². The van der Waals surface area contributed by atoms with Crippen LogP contribution in [0.1, 0.15) is 44.1 Å². The number of piperidine rings is 1. The molecule has 0 N–H and O–H groups in total. The number of amides is 1. The van der Waals surface area contributed by atoms with E-state index in [1.165, 1.54) is 12.1 Å². The predicted molar refractivity (Wildman–Crippen MR) is 119 cm³/mol. The van der Waals surface area contributed by atoms with Crippen LogP contribution in [0.5, 0.6) is 11.5 Å². The number of fused-ring (bicyclic) bond motifs is 1. The van der Waals surface area contributed by atoms with Gasteiger partial charge in [0.1, 0.15) is 11.4 Å². The fourth-order valence-corrected chi connectivity index (χ4v) is 4.42. The van der Waals surface area contributed by atoms with Crippen LogP contribution in [0.25, 0.3) is 11.5 Å². The largest absolute Gasteiger partial charge is 0.483 e. The van der Waals surface area contributed by atoms with E-state index >= 15 is 0 Å². The highest BCUT2D eigenvalue weighted by Crippen LogP contribution is 2.41. The number of nitrogens with zero attached hydrogens (tertiary/aromatic N) is 3. The summed E-state index contributed by atoms with van der Waals surface area (Å²) in [6.07, 6.45) is 2.28. The Hall–Kier alpha value is -3.42. The summed E-state index contributed by atoms with van der Waals surface area (Å²) in [5, 5.41) is 8.27. The summed E-state index contributed by atoms with van der Waals surface area (Å²) in [6.45, 7) is 5.24. The minimum atomic E-state index is -0.312. The van der Waals surface area contributed by atoms with Gasteiger partial charge in [0, 0.05) is 36.6 Å². The summed E-state index contributed by atoms with van der Waals surface area (Å²) in [5.41, 5.74) is 1.52. The third-order valence-corrected chi connectivity index (χ3v) is 6.13. The van der Waals surface area contributed by atoms with Gasteiger partial charge in [-0.2, -0.15) is 0 Å². The van der Waals surface area contributed by atoms with Gasteiger partial charge >= 0.3 is 0 Å². The zero-order valence-electron chi connectivity index (χ0n) is 18.7. The molecule has 0 spiro atoms. The maximum atomic E-state index is 13.1. The van der Waals surface area contributed by atoms with Gasteiger partial charge in [-0.3, -0.25) is 4.79 Å². The maximum Gasteiger partial charge on any atom is 0.260 e. The Morgan fingerprint density at radius 2 is 1.91 bits per heavy atom. The van der Waals surface area contributed by atoms with Gasteiger partial charge < -0.3 is 18.8 Å². The first kappa shape index (κ1) is 21.4. The second-order valence-electron chi connectivity index (χ2n) is 9.18. The lowest BCUT2D eigenvalue weighted by molar-refractivity contribution is -0.134. The molecule has 7 nitrogen and oxygen atoms in total. The fourth-order valence-electron chi connectivity index (χ4n) is 4.42. The fraction of sp³-hybridized carbons (Fsp3) is 0.400. The predicted octanol–water partition coefficient (Wildman–Crippen LogP) is 4.37. The molecule has 3 heterocycles. The molecule has 1 aromatic heterocycles. The highest BCUT2D eigenvalue weighted by Gasteiger charge is 2.33. The summed E-state index contributed by atoms with van der Waals surface area (Å²) < 4.78 is 30.8. The molecule has 0 unspecified atom stereocenters. The van der Waals surface area contributed by atoms with Gasteiger partial charge in [0.25, 0.3) is 5.91 Å². The maximum absolute atomic E-state index is 13.1. The summed E-state index contributed by atoms with van der Waals surface area (Å²) in [7, 11) is 0. The van der Waals surface area contributed by atoms with E-state index in [0.717, 1.165) is 30.6 Å². The third kappa shape index (κ3) is 4.55. The van der Waals surface area contributed by atoms with E-state index in [1.807, 2.05) is 36.9 Å². The van der Waals surface area contributed by atoms with Crippen LogP contribution in [0.2, 0.25) is 0 Å². The summed E-state index contributed by atoms with van der Waals surface area (Å²) in [4.78, 5) is 14.5. The molecule has 8 heteroatoms. The van der Waals surface area contributed by atoms with Crippen molar-refractivity contribution < 1.29 is 23.1 Å². The molecule has 0 atom stereocenters. The molecular weight excluding hydrogens is 425 g/mol. The standard InChI is InChI=1S/C25H26FN3O4/c1-25(2)14-18-4-3-5-20(22(18)33-25)31-15-21(30)29-12-10-17(11-13-29)24-28-27-23(32-24)16-6-8-19(26)9-7-16/h3-9,17H,10-15H2,1-2H3. The molecule has 0 bridgehead atoms. The number of hydrogen-bond acceptors (Lipinski definition) is 6. The smallest absolute Gasteiger partial charge is 0.260 e. The monoisotopic (exact) mass is 451 g/mol. The Labute approximate surface area is 191 Å². The van der Waals surface area contributed by atoms with Crippen LogP contribution in [0.3, 0.4) is 0 Å². The Bertz CT molecular complexity index is 1150. The normalized spacial score (nSPS) is 17.5. The number of carbonyl (C=O) groups is 1. The van der Waals surface area contributed by atoms with E-state index in [1.54, 1.807) is 12.1 Å². The number of rotatable bonds is 5. The van der Waals surface area contributed by atoms with E-state index in [0.29, 0.717) is 36.2 Å². The third-order valence-electron chi connectivity index (χ3n) is 6.13. The Morgan fingerprint density at radius 3 is 2.67 bits per heavy atom. The highest BCUT2D eigenvalue weighted by molar-refractivity contribution is 5.78. The molecule has 2 aromatic carbocycles. The molecule has 172 valence electrons. The van der Waals surface area contributed by atoms with E-state index in [2.05, 4.69) is 10.2 Å². The Balaban J connectivity index is 1.15. The second kappa shape index (κ2) is 8.50. The number of likely N-dealkylation sites (tertiary alicyclic amines) is 1. The summed E-state index contributed by atoms with van der Waals surface area (Å²) in [5.74, 6) is 2.00. The average Bonchev–Trinajstić information content (AvgIpc) is 3.41. The Kier molecular flexibility index (Phi) is 5.52. The lowest BCUT2D eigenvalue weighted by atomic mass is 9.97. The van der Waals surface area contributed by atoms with E-state index < -0.39 is 0 Å². The van der Waals surface area contributed by atoms with Gasteiger partial charge in [-0.15, -0.1) is 10.2 Å². The SMILES string of the molecule is CC1(C)Cc2cccc(OCC(=O)N3CCC(c4nnc(-c5ccc(F)cc5)o4)CC3)c2O1. The van der Waals surface area contributed by atoms with Gasteiger partial charge in [0.15, 0.2) is 18.1 Å². The molecule has 0 radical (unpaired) electrons. The van der Waals surface area contributed by atoms with Gasteiger partial charge in [0.2, 0.25) is 11.8 Å². The topological polar surface area (TPSA) is 77.7 Å². The van der Waals surface area contributed by atoms with E-state index in [4.69, 9.17) is 13.9 Å². The zero-order chi connectivity index (χ0) is 23.0. The molecule has 2 aliphatic rings. The lowest BCUT2D eigenvalue weighted by Crippen LogP contribution is -2.40. The van der Waals surface area contributed by atoms with Crippen LogP contribution in [-0.4, -0.2) is 46.3 Å². The lowest BCUT2D eigenvalue weighted by Gasteiger charge is -2.30. The molecule has 1 fully saturated rings.